The van der Waals surface area contributed by atoms with Gasteiger partial charge in [0.2, 0.25) is 0 Å². The van der Waals surface area contributed by atoms with Gasteiger partial charge in [-0.15, -0.1) is 0 Å². The van der Waals surface area contributed by atoms with Crippen molar-refractivity contribution < 1.29 is 17.9 Å². The maximum Gasteiger partial charge on any atom is 0.330 e. The summed E-state index contributed by atoms with van der Waals surface area (Å²) in [6.07, 6.45) is 4.44. The predicted molar refractivity (Wildman–Crippen MR) is 104 cm³/mol. The molecule has 0 fully saturated rings. The molecule has 7 heteroatoms. The molecule has 0 amide bonds. The number of aliphatic imine (C=N–C) groups is 1. The van der Waals surface area contributed by atoms with E-state index in [1.807, 2.05) is 30.3 Å². The first-order valence-electron chi connectivity index (χ1n) is 8.63. The van der Waals surface area contributed by atoms with E-state index in [1.165, 1.54) is 6.08 Å². The van der Waals surface area contributed by atoms with Gasteiger partial charge in [-0.2, -0.15) is 0 Å². The van der Waals surface area contributed by atoms with Gasteiger partial charge in [0.1, 0.15) is 5.84 Å². The van der Waals surface area contributed by atoms with Crippen molar-refractivity contribution in [1.29, 1.82) is 0 Å². The first-order chi connectivity index (χ1) is 13.1. The molecule has 0 bridgehead atoms. The number of amidine groups is 1. The van der Waals surface area contributed by atoms with Crippen molar-refractivity contribution in [2.75, 3.05) is 13.2 Å². The highest BCUT2D eigenvalue weighted by Crippen LogP contribution is 2.22. The van der Waals surface area contributed by atoms with Gasteiger partial charge < -0.3 is 4.74 Å². The summed E-state index contributed by atoms with van der Waals surface area (Å²) in [5, 5.41) is 0. The second kappa shape index (κ2) is 8.64. The van der Waals surface area contributed by atoms with Crippen molar-refractivity contribution in [3.63, 3.8) is 0 Å². The number of carbonyl (C=O) groups is 1. The standard InChI is InChI=1S/C20H20N2O4S/c23-19(13-12-16-8-2-1-3-9-16)26-15-7-6-14-21-20-17-10-4-5-11-18(17)27(24,25)22-20/h1-5,8-13H,6-7,14-15H2,(H,21,22)/b13-12+. The lowest BCUT2D eigenvalue weighted by atomic mass is 10.2. The van der Waals surface area contributed by atoms with Crippen LogP contribution in [0.3, 0.4) is 0 Å². The van der Waals surface area contributed by atoms with Gasteiger partial charge in [0, 0.05) is 18.2 Å². The lowest BCUT2D eigenvalue weighted by molar-refractivity contribution is -0.137. The Hall–Kier alpha value is -2.93. The van der Waals surface area contributed by atoms with Crippen LogP contribution in [-0.2, 0) is 19.6 Å². The van der Waals surface area contributed by atoms with Crippen molar-refractivity contribution in [1.82, 2.24) is 4.72 Å². The number of benzene rings is 2. The minimum Gasteiger partial charge on any atom is -0.463 e. The number of nitrogens with one attached hydrogen (secondary N) is 1. The molecule has 1 heterocycles. The Bertz CT molecular complexity index is 966. The van der Waals surface area contributed by atoms with Crippen LogP contribution >= 0.6 is 0 Å². The Kier molecular flexibility index (Phi) is 6.03. The van der Waals surface area contributed by atoms with Crippen LogP contribution in [0.25, 0.3) is 6.08 Å². The molecule has 1 aliphatic rings. The van der Waals surface area contributed by atoms with Gasteiger partial charge in [-0.1, -0.05) is 42.5 Å². The molecular weight excluding hydrogens is 364 g/mol. The SMILES string of the molecule is O=C(/C=C/c1ccccc1)OCCCCN=C1NS(=O)(=O)c2ccccc21. The van der Waals surface area contributed by atoms with Gasteiger partial charge >= 0.3 is 5.97 Å². The number of carbonyl (C=O) groups excluding carboxylic acids is 1. The third-order valence-electron chi connectivity index (χ3n) is 3.94. The normalized spacial score (nSPS) is 16.2. The molecule has 0 aliphatic carbocycles. The van der Waals surface area contributed by atoms with E-state index in [0.717, 1.165) is 5.56 Å². The summed E-state index contributed by atoms with van der Waals surface area (Å²) in [4.78, 5) is 16.2. The van der Waals surface area contributed by atoms with Crippen LogP contribution in [0.4, 0.5) is 0 Å². The Morgan fingerprint density at radius 2 is 1.78 bits per heavy atom. The fourth-order valence-electron chi connectivity index (χ4n) is 2.61. The molecule has 1 aliphatic heterocycles. The van der Waals surface area contributed by atoms with Crippen molar-refractivity contribution in [3.05, 3.63) is 71.8 Å². The number of fused-ring (bicyclic) bond motifs is 1. The molecule has 0 aromatic heterocycles. The summed E-state index contributed by atoms with van der Waals surface area (Å²) >= 11 is 0. The van der Waals surface area contributed by atoms with Crippen LogP contribution in [0.1, 0.15) is 24.0 Å². The molecule has 6 nitrogen and oxygen atoms in total. The van der Waals surface area contributed by atoms with Gasteiger partial charge in [0.25, 0.3) is 10.0 Å². The molecule has 2 aromatic carbocycles. The van der Waals surface area contributed by atoms with E-state index in [1.54, 1.807) is 30.3 Å². The minimum absolute atomic E-state index is 0.253. The van der Waals surface area contributed by atoms with Gasteiger partial charge in [0.05, 0.1) is 11.5 Å². The summed E-state index contributed by atoms with van der Waals surface area (Å²) in [5.41, 5.74) is 1.53. The first kappa shape index (κ1) is 18.8. The Balaban J connectivity index is 1.41. The highest BCUT2D eigenvalue weighted by atomic mass is 32.2. The number of ether oxygens (including phenoxy) is 1. The Morgan fingerprint density at radius 1 is 1.04 bits per heavy atom. The van der Waals surface area contributed by atoms with Crippen molar-refractivity contribution in [2.45, 2.75) is 17.7 Å². The third kappa shape index (κ3) is 5.04. The quantitative estimate of drug-likeness (QED) is 0.452. The number of hydrogen-bond donors (Lipinski definition) is 1. The molecule has 0 saturated carbocycles. The van der Waals surface area contributed by atoms with E-state index in [-0.39, 0.29) is 10.9 Å². The monoisotopic (exact) mass is 384 g/mol. The van der Waals surface area contributed by atoms with Gasteiger partial charge in [-0.05, 0) is 36.6 Å². The highest BCUT2D eigenvalue weighted by molar-refractivity contribution is 7.90. The topological polar surface area (TPSA) is 84.8 Å². The molecule has 0 spiro atoms. The summed E-state index contributed by atoms with van der Waals surface area (Å²) < 4.78 is 31.6. The van der Waals surface area contributed by atoms with Gasteiger partial charge in [-0.3, -0.25) is 9.71 Å². The van der Waals surface area contributed by atoms with Crippen LogP contribution in [0.15, 0.2) is 70.6 Å². The van der Waals surface area contributed by atoms with Crippen molar-refractivity contribution in [3.8, 4) is 0 Å². The van der Waals surface area contributed by atoms with Gasteiger partial charge in [-0.25, -0.2) is 13.2 Å². The van der Waals surface area contributed by atoms with E-state index in [4.69, 9.17) is 4.74 Å². The summed E-state index contributed by atoms with van der Waals surface area (Å²) in [6, 6.07) is 16.3. The molecule has 0 radical (unpaired) electrons. The number of sulfonamides is 1. The van der Waals surface area contributed by atoms with E-state index in [0.29, 0.717) is 37.4 Å². The van der Waals surface area contributed by atoms with Crippen LogP contribution < -0.4 is 4.72 Å². The molecule has 0 saturated heterocycles. The summed E-state index contributed by atoms with van der Waals surface area (Å²) in [7, 11) is -3.50. The summed E-state index contributed by atoms with van der Waals surface area (Å²) in [5.74, 6) is -0.0176. The highest BCUT2D eigenvalue weighted by Gasteiger charge is 2.29. The fraction of sp³-hybridized carbons (Fsp3) is 0.200. The molecule has 1 N–H and O–H groups in total. The maximum absolute atomic E-state index is 12.0. The number of unbranched alkanes of at least 4 members (excludes halogenated alkanes) is 1. The lowest BCUT2D eigenvalue weighted by Crippen LogP contribution is -2.22. The third-order valence-corrected chi connectivity index (χ3v) is 5.34. The minimum atomic E-state index is -3.50. The van der Waals surface area contributed by atoms with E-state index in [9.17, 15) is 13.2 Å². The largest absolute Gasteiger partial charge is 0.463 e. The van der Waals surface area contributed by atoms with Crippen LogP contribution in [0.2, 0.25) is 0 Å². The first-order valence-corrected chi connectivity index (χ1v) is 10.1. The summed E-state index contributed by atoms with van der Waals surface area (Å²) in [6.45, 7) is 0.745. The van der Waals surface area contributed by atoms with Crippen LogP contribution in [-0.4, -0.2) is 33.4 Å². The Labute approximate surface area is 158 Å². The zero-order valence-corrected chi connectivity index (χ0v) is 15.5. The van der Waals surface area contributed by atoms with Crippen LogP contribution in [0.5, 0.6) is 0 Å². The second-order valence-corrected chi connectivity index (χ2v) is 7.60. The second-order valence-electron chi connectivity index (χ2n) is 5.95. The molecule has 140 valence electrons. The number of hydrogen-bond acceptors (Lipinski definition) is 5. The zero-order valence-electron chi connectivity index (χ0n) is 14.7. The maximum atomic E-state index is 12.0. The zero-order chi connectivity index (χ0) is 19.1. The molecule has 2 aromatic rings. The molecular formula is C20H20N2O4S. The van der Waals surface area contributed by atoms with Crippen molar-refractivity contribution >= 4 is 27.9 Å². The van der Waals surface area contributed by atoms with E-state index < -0.39 is 10.0 Å². The van der Waals surface area contributed by atoms with E-state index in [2.05, 4.69) is 9.71 Å². The fourth-order valence-corrected chi connectivity index (χ4v) is 3.86. The lowest BCUT2D eigenvalue weighted by Gasteiger charge is -2.02. The average molecular weight is 384 g/mol. The average Bonchev–Trinajstić information content (AvgIpc) is 2.94. The number of rotatable bonds is 7. The van der Waals surface area contributed by atoms with Crippen LogP contribution in [0, 0.1) is 0 Å². The van der Waals surface area contributed by atoms with E-state index >= 15 is 0 Å². The molecule has 0 unspecified atom stereocenters. The number of nitrogens with zero attached hydrogens (tertiary/aromatic N) is 1. The molecule has 3 rings (SSSR count). The smallest absolute Gasteiger partial charge is 0.330 e. The van der Waals surface area contributed by atoms with Crippen molar-refractivity contribution in [2.24, 2.45) is 4.99 Å². The Morgan fingerprint density at radius 3 is 2.59 bits per heavy atom. The molecule has 0 atom stereocenters. The van der Waals surface area contributed by atoms with Gasteiger partial charge in [0.15, 0.2) is 0 Å². The number of esters is 1. The predicted octanol–water partition coefficient (Wildman–Crippen LogP) is 2.76. The molecule has 27 heavy (non-hydrogen) atoms.